The minimum absolute atomic E-state index is 0.0431. The van der Waals surface area contributed by atoms with Crippen molar-refractivity contribution in [2.24, 2.45) is 0 Å². The highest BCUT2D eigenvalue weighted by atomic mass is 35.5. The molecule has 106 valence electrons. The van der Waals surface area contributed by atoms with Gasteiger partial charge in [-0.2, -0.15) is 0 Å². The van der Waals surface area contributed by atoms with E-state index in [4.69, 9.17) is 34.8 Å². The number of carbonyl (C=O) groups is 1. The monoisotopic (exact) mass is 358 g/mol. The number of anilines is 1. The molecule has 5 nitrogen and oxygen atoms in total. The summed E-state index contributed by atoms with van der Waals surface area (Å²) in [6.07, 6.45) is 0. The molecule has 9 heteroatoms. The zero-order valence-corrected chi connectivity index (χ0v) is 13.2. The van der Waals surface area contributed by atoms with Gasteiger partial charge in [-0.05, 0) is 18.2 Å². The summed E-state index contributed by atoms with van der Waals surface area (Å²) in [7, 11) is 0. The Kier molecular flexibility index (Phi) is 3.95. The van der Waals surface area contributed by atoms with Crippen LogP contribution in [0, 0.1) is 0 Å². The molecule has 0 saturated heterocycles. The predicted molar refractivity (Wildman–Crippen MR) is 84.6 cm³/mol. The lowest BCUT2D eigenvalue weighted by atomic mass is 10.2. The molecule has 0 spiro atoms. The number of rotatable bonds is 2. The van der Waals surface area contributed by atoms with E-state index >= 15 is 0 Å². The van der Waals surface area contributed by atoms with E-state index in [0.717, 1.165) is 4.70 Å². The van der Waals surface area contributed by atoms with Crippen LogP contribution in [0.1, 0.15) is 10.4 Å². The molecule has 0 unspecified atom stereocenters. The molecule has 1 aromatic carbocycles. The Labute approximate surface area is 137 Å². The lowest BCUT2D eigenvalue weighted by molar-refractivity contribution is 0.102. The van der Waals surface area contributed by atoms with E-state index in [1.807, 2.05) is 6.07 Å². The number of aromatic nitrogens is 3. The van der Waals surface area contributed by atoms with Gasteiger partial charge in [-0.3, -0.25) is 4.79 Å². The number of nitrogens with one attached hydrogen (secondary N) is 1. The second kappa shape index (κ2) is 5.73. The summed E-state index contributed by atoms with van der Waals surface area (Å²) in [5, 5.41) is 10.2. The van der Waals surface area contributed by atoms with Crippen LogP contribution in [-0.2, 0) is 0 Å². The van der Waals surface area contributed by atoms with E-state index in [1.165, 1.54) is 17.4 Å². The van der Waals surface area contributed by atoms with E-state index in [9.17, 15) is 4.79 Å². The van der Waals surface area contributed by atoms with Gasteiger partial charge in [0.1, 0.15) is 5.52 Å². The van der Waals surface area contributed by atoms with Gasteiger partial charge in [-0.1, -0.05) is 34.8 Å². The third-order valence-electron chi connectivity index (χ3n) is 2.65. The quantitative estimate of drug-likeness (QED) is 0.741. The molecular formula is C12H5Cl3N4OS. The minimum Gasteiger partial charge on any atom is -0.319 e. The molecule has 0 radical (unpaired) electrons. The predicted octanol–water partition coefficient (Wildman–Crippen LogP) is 4.30. The van der Waals surface area contributed by atoms with E-state index < -0.39 is 5.91 Å². The Bertz CT molecular complexity index is 852. The van der Waals surface area contributed by atoms with Gasteiger partial charge in [0.2, 0.25) is 0 Å². The number of benzene rings is 1. The van der Waals surface area contributed by atoms with Crippen LogP contribution in [0.15, 0.2) is 23.7 Å². The lowest BCUT2D eigenvalue weighted by Crippen LogP contribution is -2.14. The van der Waals surface area contributed by atoms with E-state index in [2.05, 4.69) is 20.5 Å². The molecule has 0 aliphatic carbocycles. The third-order valence-corrected chi connectivity index (χ3v) is 4.23. The number of hydrogen-bond donors (Lipinski definition) is 1. The second-order valence-corrected chi connectivity index (χ2v) is 5.99. The van der Waals surface area contributed by atoms with Crippen LogP contribution in [0.25, 0.3) is 10.2 Å². The molecule has 3 aromatic rings. The Balaban J connectivity index is 2.02. The zero-order chi connectivity index (χ0) is 15.0. The van der Waals surface area contributed by atoms with Gasteiger partial charge < -0.3 is 5.32 Å². The highest BCUT2D eigenvalue weighted by Crippen LogP contribution is 2.32. The number of hydrogen-bond acceptors (Lipinski definition) is 5. The maximum absolute atomic E-state index is 12.3. The molecule has 1 N–H and O–H groups in total. The molecule has 0 aliphatic heterocycles. The minimum atomic E-state index is -0.487. The second-order valence-electron chi connectivity index (χ2n) is 3.95. The van der Waals surface area contributed by atoms with Crippen LogP contribution in [0.5, 0.6) is 0 Å². The Morgan fingerprint density at radius 3 is 2.81 bits per heavy atom. The van der Waals surface area contributed by atoms with Crippen LogP contribution in [0.3, 0.4) is 0 Å². The number of fused-ring (bicyclic) bond motifs is 1. The molecule has 21 heavy (non-hydrogen) atoms. The molecule has 2 heterocycles. The average Bonchev–Trinajstić information content (AvgIpc) is 2.93. The van der Waals surface area contributed by atoms with E-state index in [-0.39, 0.29) is 15.9 Å². The molecule has 3 rings (SSSR count). The molecule has 1 amide bonds. The van der Waals surface area contributed by atoms with Gasteiger partial charge in [0, 0.05) is 0 Å². The lowest BCUT2D eigenvalue weighted by Gasteiger charge is -2.08. The van der Waals surface area contributed by atoms with Crippen molar-refractivity contribution in [2.45, 2.75) is 0 Å². The van der Waals surface area contributed by atoms with Gasteiger partial charge in [0.15, 0.2) is 10.3 Å². The standard InChI is InChI=1S/C12H5Cl3N4OS/c13-6-1-2-7-10(16-4-21-7)9(6)17-12(20)5-3-8(14)18-19-11(5)15/h1-4H,(H,17,20). The van der Waals surface area contributed by atoms with Gasteiger partial charge >= 0.3 is 0 Å². The topological polar surface area (TPSA) is 67.8 Å². The number of nitrogens with zero attached hydrogens (tertiary/aromatic N) is 3. The first kappa shape index (κ1) is 14.5. The highest BCUT2D eigenvalue weighted by Gasteiger charge is 2.17. The van der Waals surface area contributed by atoms with Crippen LogP contribution in [0.4, 0.5) is 5.69 Å². The Morgan fingerprint density at radius 2 is 2.00 bits per heavy atom. The Hall–Kier alpha value is -1.47. The fourth-order valence-corrected chi connectivity index (χ4v) is 2.93. The fraction of sp³-hybridized carbons (Fsp3) is 0. The first-order valence-corrected chi connectivity index (χ1v) is 7.59. The van der Waals surface area contributed by atoms with Crippen LogP contribution >= 0.6 is 46.1 Å². The van der Waals surface area contributed by atoms with Crippen LogP contribution in [-0.4, -0.2) is 21.1 Å². The van der Waals surface area contributed by atoms with Crippen molar-refractivity contribution in [2.75, 3.05) is 5.32 Å². The molecule has 0 fully saturated rings. The summed E-state index contributed by atoms with van der Waals surface area (Å²) in [5.41, 5.74) is 2.82. The normalized spacial score (nSPS) is 10.8. The van der Waals surface area contributed by atoms with Crippen molar-refractivity contribution in [1.82, 2.24) is 15.2 Å². The van der Waals surface area contributed by atoms with Crippen molar-refractivity contribution in [3.8, 4) is 0 Å². The first-order valence-electron chi connectivity index (χ1n) is 5.58. The van der Waals surface area contributed by atoms with Crippen molar-refractivity contribution in [1.29, 1.82) is 0 Å². The maximum atomic E-state index is 12.3. The summed E-state index contributed by atoms with van der Waals surface area (Å²) >= 11 is 19.2. The largest absolute Gasteiger partial charge is 0.319 e. The summed E-state index contributed by atoms with van der Waals surface area (Å²) < 4.78 is 0.909. The maximum Gasteiger partial charge on any atom is 0.259 e. The number of carbonyl (C=O) groups excluding carboxylic acids is 1. The van der Waals surface area contributed by atoms with E-state index in [0.29, 0.717) is 16.2 Å². The molecule has 2 aromatic heterocycles. The number of halogens is 3. The van der Waals surface area contributed by atoms with Crippen molar-refractivity contribution in [3.63, 3.8) is 0 Å². The van der Waals surface area contributed by atoms with Gasteiger partial charge in [-0.15, -0.1) is 21.5 Å². The zero-order valence-electron chi connectivity index (χ0n) is 10.1. The first-order chi connectivity index (χ1) is 10.1. The van der Waals surface area contributed by atoms with E-state index in [1.54, 1.807) is 11.6 Å². The Morgan fingerprint density at radius 1 is 1.19 bits per heavy atom. The average molecular weight is 360 g/mol. The molecule has 0 aliphatic rings. The van der Waals surface area contributed by atoms with Gasteiger partial charge in [-0.25, -0.2) is 4.98 Å². The SMILES string of the molecule is O=C(Nc1c(Cl)ccc2scnc12)c1cc(Cl)nnc1Cl. The van der Waals surface area contributed by atoms with Crippen LogP contribution in [0.2, 0.25) is 15.3 Å². The summed E-state index contributed by atoms with van der Waals surface area (Å²) in [6, 6.07) is 4.86. The van der Waals surface area contributed by atoms with Crippen molar-refractivity contribution in [3.05, 3.63) is 44.6 Å². The number of thiazole rings is 1. The summed E-state index contributed by atoms with van der Waals surface area (Å²) in [4.78, 5) is 16.5. The van der Waals surface area contributed by atoms with Gasteiger partial charge in [0.05, 0.1) is 26.5 Å². The van der Waals surface area contributed by atoms with Gasteiger partial charge in [0.25, 0.3) is 5.91 Å². The molecule has 0 saturated carbocycles. The van der Waals surface area contributed by atoms with Crippen molar-refractivity contribution < 1.29 is 4.79 Å². The molecule has 0 bridgehead atoms. The number of amides is 1. The smallest absolute Gasteiger partial charge is 0.259 e. The fourth-order valence-electron chi connectivity index (χ4n) is 1.72. The third kappa shape index (κ3) is 2.80. The summed E-state index contributed by atoms with van der Waals surface area (Å²) in [5.74, 6) is -0.487. The highest BCUT2D eigenvalue weighted by molar-refractivity contribution is 7.16. The van der Waals surface area contributed by atoms with Crippen LogP contribution < -0.4 is 5.32 Å². The summed E-state index contributed by atoms with van der Waals surface area (Å²) in [6.45, 7) is 0. The van der Waals surface area contributed by atoms with Crippen molar-refractivity contribution >= 4 is 68.0 Å². The molecule has 0 atom stereocenters. The molecular weight excluding hydrogens is 355 g/mol.